The number of hydrogen-bond acceptors (Lipinski definition) is 3. The Labute approximate surface area is 139 Å². The zero-order valence-corrected chi connectivity index (χ0v) is 12.9. The highest BCUT2D eigenvalue weighted by Gasteiger charge is 2.38. The molecule has 2 aliphatic rings. The lowest BCUT2D eigenvalue weighted by Crippen LogP contribution is -2.47. The summed E-state index contributed by atoms with van der Waals surface area (Å²) in [5.41, 5.74) is 8.59. The molecule has 0 radical (unpaired) electrons. The number of hydrogen-bond donors (Lipinski definition) is 1. The number of anilines is 1. The van der Waals surface area contributed by atoms with Crippen LogP contribution in [0.3, 0.4) is 0 Å². The van der Waals surface area contributed by atoms with Gasteiger partial charge >= 0.3 is 0 Å². The highest BCUT2D eigenvalue weighted by atomic mass is 16.5. The summed E-state index contributed by atoms with van der Waals surface area (Å²) in [7, 11) is 0. The number of carbonyl (C=O) groups is 2. The number of ether oxygens (including phenoxy) is 1. The minimum atomic E-state index is -0.659. The maximum atomic E-state index is 13.1. The third-order valence-corrected chi connectivity index (χ3v) is 4.43. The van der Waals surface area contributed by atoms with Crippen LogP contribution in [0.1, 0.15) is 11.1 Å². The van der Waals surface area contributed by atoms with Gasteiger partial charge in [0.05, 0.1) is 5.57 Å². The van der Waals surface area contributed by atoms with Crippen LogP contribution in [0.25, 0.3) is 6.08 Å². The molecule has 2 aromatic rings. The molecule has 0 spiro atoms. The van der Waals surface area contributed by atoms with Gasteiger partial charge in [0, 0.05) is 17.7 Å². The molecular weight excluding hydrogens is 304 g/mol. The lowest BCUT2D eigenvalue weighted by molar-refractivity contribution is -0.122. The van der Waals surface area contributed by atoms with Crippen molar-refractivity contribution < 1.29 is 14.3 Å². The number of para-hydroxylation sites is 2. The Balaban J connectivity index is 1.73. The van der Waals surface area contributed by atoms with E-state index >= 15 is 0 Å². The molecule has 24 heavy (non-hydrogen) atoms. The van der Waals surface area contributed by atoms with Crippen molar-refractivity contribution >= 4 is 23.6 Å². The quantitative estimate of drug-likeness (QED) is 0.918. The number of rotatable bonds is 2. The third kappa shape index (κ3) is 2.25. The Morgan fingerprint density at radius 3 is 2.67 bits per heavy atom. The van der Waals surface area contributed by atoms with Gasteiger partial charge in [-0.1, -0.05) is 36.4 Å². The van der Waals surface area contributed by atoms with Crippen molar-refractivity contribution in [2.24, 2.45) is 5.73 Å². The van der Waals surface area contributed by atoms with Gasteiger partial charge in [-0.2, -0.15) is 0 Å². The second-order valence-electron chi connectivity index (χ2n) is 5.92. The van der Waals surface area contributed by atoms with Crippen molar-refractivity contribution in [1.82, 2.24) is 0 Å². The summed E-state index contributed by atoms with van der Waals surface area (Å²) in [6.07, 6.45) is 2.27. The van der Waals surface area contributed by atoms with E-state index in [-0.39, 0.29) is 12.5 Å². The van der Waals surface area contributed by atoms with E-state index in [1.54, 1.807) is 0 Å². The maximum absolute atomic E-state index is 13.1. The van der Waals surface area contributed by atoms with Gasteiger partial charge in [-0.05, 0) is 23.8 Å². The zero-order valence-electron chi connectivity index (χ0n) is 12.9. The minimum absolute atomic E-state index is 0.181. The van der Waals surface area contributed by atoms with Crippen LogP contribution in [0.2, 0.25) is 0 Å². The number of nitrogens with two attached hydrogens (primary N) is 1. The lowest BCUT2D eigenvalue weighted by Gasteiger charge is -2.26. The molecule has 5 nitrogen and oxygen atoms in total. The number of fused-ring (bicyclic) bond motifs is 2. The van der Waals surface area contributed by atoms with Gasteiger partial charge in [0.25, 0.3) is 5.91 Å². The van der Waals surface area contributed by atoms with Crippen LogP contribution in [0, 0.1) is 0 Å². The minimum Gasteiger partial charge on any atom is -0.488 e. The summed E-state index contributed by atoms with van der Waals surface area (Å²) >= 11 is 0. The van der Waals surface area contributed by atoms with Crippen LogP contribution in [0.5, 0.6) is 5.75 Å². The number of benzene rings is 2. The van der Waals surface area contributed by atoms with E-state index in [2.05, 4.69) is 0 Å². The van der Waals surface area contributed by atoms with Crippen molar-refractivity contribution in [2.45, 2.75) is 12.5 Å². The van der Waals surface area contributed by atoms with Crippen molar-refractivity contribution in [2.75, 3.05) is 11.5 Å². The molecule has 2 aliphatic heterocycles. The van der Waals surface area contributed by atoms with Crippen LogP contribution >= 0.6 is 0 Å². The van der Waals surface area contributed by atoms with Crippen LogP contribution in [0.15, 0.2) is 54.1 Å². The Kier molecular flexibility index (Phi) is 3.34. The SMILES string of the molecule is NC(=O)[C@@H]1Cc2ccccc2N1C(=O)C1=Cc2ccccc2OC1. The molecular formula is C19H16N2O3. The standard InChI is InChI=1S/C19H16N2O3/c20-18(22)16-10-12-5-1-3-7-15(12)21(16)19(23)14-9-13-6-2-4-8-17(13)24-11-14/h1-9,16H,10-11H2,(H2,20,22)/t16-/m0/s1. The Morgan fingerprint density at radius 2 is 1.83 bits per heavy atom. The van der Waals surface area contributed by atoms with Gasteiger partial charge in [0.1, 0.15) is 18.4 Å². The molecule has 0 aliphatic carbocycles. The summed E-state index contributed by atoms with van der Waals surface area (Å²) in [5.74, 6) is 0.0119. The van der Waals surface area contributed by atoms with E-state index in [0.29, 0.717) is 12.0 Å². The summed E-state index contributed by atoms with van der Waals surface area (Å²) in [6.45, 7) is 0.181. The number of carbonyl (C=O) groups excluding carboxylic acids is 2. The number of primary amides is 1. The van der Waals surface area contributed by atoms with Crippen molar-refractivity contribution in [1.29, 1.82) is 0 Å². The molecule has 2 heterocycles. The van der Waals surface area contributed by atoms with Crippen LogP contribution in [0.4, 0.5) is 5.69 Å². The Hall–Kier alpha value is -3.08. The summed E-state index contributed by atoms with van der Waals surface area (Å²) in [5, 5.41) is 0. The van der Waals surface area contributed by atoms with Crippen LogP contribution in [-0.4, -0.2) is 24.5 Å². The van der Waals surface area contributed by atoms with Gasteiger partial charge in [0.15, 0.2) is 0 Å². The van der Waals surface area contributed by atoms with Crippen molar-refractivity contribution in [3.8, 4) is 5.75 Å². The van der Waals surface area contributed by atoms with E-state index in [1.165, 1.54) is 4.90 Å². The average Bonchev–Trinajstić information content (AvgIpc) is 3.00. The molecule has 0 aromatic heterocycles. The van der Waals surface area contributed by atoms with Gasteiger partial charge < -0.3 is 10.5 Å². The van der Waals surface area contributed by atoms with E-state index in [4.69, 9.17) is 10.5 Å². The lowest BCUT2D eigenvalue weighted by atomic mass is 10.1. The van der Waals surface area contributed by atoms with Gasteiger partial charge in [0.2, 0.25) is 5.91 Å². The number of nitrogens with zero attached hydrogens (tertiary/aromatic N) is 1. The number of amides is 2. The van der Waals surface area contributed by atoms with Crippen molar-refractivity contribution in [3.05, 3.63) is 65.2 Å². The molecule has 0 unspecified atom stereocenters. The van der Waals surface area contributed by atoms with E-state index < -0.39 is 11.9 Å². The zero-order chi connectivity index (χ0) is 16.7. The molecule has 0 saturated carbocycles. The summed E-state index contributed by atoms with van der Waals surface area (Å²) in [6, 6.07) is 14.4. The summed E-state index contributed by atoms with van der Waals surface area (Å²) < 4.78 is 5.67. The first kappa shape index (κ1) is 14.5. The first-order valence-corrected chi connectivity index (χ1v) is 7.78. The Bertz CT molecular complexity index is 872. The average molecular weight is 320 g/mol. The first-order chi connectivity index (χ1) is 11.6. The summed E-state index contributed by atoms with van der Waals surface area (Å²) in [4.78, 5) is 26.4. The molecule has 2 aromatic carbocycles. The molecule has 1 atom stereocenters. The van der Waals surface area contributed by atoms with Crippen LogP contribution in [-0.2, 0) is 16.0 Å². The van der Waals surface area contributed by atoms with Gasteiger partial charge in [-0.15, -0.1) is 0 Å². The second-order valence-corrected chi connectivity index (χ2v) is 5.92. The van der Waals surface area contributed by atoms with Crippen molar-refractivity contribution in [3.63, 3.8) is 0 Å². The largest absolute Gasteiger partial charge is 0.488 e. The highest BCUT2D eigenvalue weighted by Crippen LogP contribution is 2.34. The monoisotopic (exact) mass is 320 g/mol. The fraction of sp³-hybridized carbons (Fsp3) is 0.158. The molecule has 0 bridgehead atoms. The van der Waals surface area contributed by atoms with E-state index in [1.807, 2.05) is 54.6 Å². The topological polar surface area (TPSA) is 72.6 Å². The fourth-order valence-corrected chi connectivity index (χ4v) is 3.26. The molecule has 120 valence electrons. The smallest absolute Gasteiger partial charge is 0.258 e. The molecule has 2 N–H and O–H groups in total. The second kappa shape index (κ2) is 5.53. The molecule has 0 saturated heterocycles. The maximum Gasteiger partial charge on any atom is 0.258 e. The van der Waals surface area contributed by atoms with E-state index in [9.17, 15) is 9.59 Å². The Morgan fingerprint density at radius 1 is 1.08 bits per heavy atom. The third-order valence-electron chi connectivity index (χ3n) is 4.43. The normalized spacial score (nSPS) is 18.2. The fourth-order valence-electron chi connectivity index (χ4n) is 3.26. The molecule has 5 heteroatoms. The van der Waals surface area contributed by atoms with Crippen LogP contribution < -0.4 is 15.4 Å². The van der Waals surface area contributed by atoms with E-state index in [0.717, 1.165) is 22.6 Å². The molecule has 2 amide bonds. The predicted molar refractivity (Wildman–Crippen MR) is 90.5 cm³/mol. The van der Waals surface area contributed by atoms with Gasteiger partial charge in [-0.25, -0.2) is 0 Å². The highest BCUT2D eigenvalue weighted by molar-refractivity contribution is 6.13. The molecule has 0 fully saturated rings. The first-order valence-electron chi connectivity index (χ1n) is 7.78. The molecule has 4 rings (SSSR count). The van der Waals surface area contributed by atoms with Gasteiger partial charge in [-0.3, -0.25) is 14.5 Å². The predicted octanol–water partition coefficient (Wildman–Crippen LogP) is 1.91.